The summed E-state index contributed by atoms with van der Waals surface area (Å²) in [5.74, 6) is -1.10. The molecular weight excluding hydrogens is 410 g/mol. The first-order valence-corrected chi connectivity index (χ1v) is 9.25. The highest BCUT2D eigenvalue weighted by Gasteiger charge is 2.44. The predicted octanol–water partition coefficient (Wildman–Crippen LogP) is 4.19. The molecule has 0 bridgehead atoms. The van der Waals surface area contributed by atoms with E-state index in [1.807, 2.05) is 0 Å². The van der Waals surface area contributed by atoms with Crippen molar-refractivity contribution in [1.29, 1.82) is 0 Å². The average molecular weight is 429 g/mol. The fourth-order valence-corrected chi connectivity index (χ4v) is 3.68. The molecule has 0 amide bonds. The number of halogens is 3. The maximum Gasteiger partial charge on any atom is 0.192 e. The van der Waals surface area contributed by atoms with Gasteiger partial charge in [-0.3, -0.25) is 0 Å². The van der Waals surface area contributed by atoms with Crippen molar-refractivity contribution in [2.24, 2.45) is 21.6 Å². The van der Waals surface area contributed by atoms with E-state index in [2.05, 4.69) is 10.1 Å². The third-order valence-electron chi connectivity index (χ3n) is 4.58. The van der Waals surface area contributed by atoms with Crippen molar-refractivity contribution in [1.82, 2.24) is 0 Å². The molecule has 0 aliphatic carbocycles. The highest BCUT2D eigenvalue weighted by Crippen LogP contribution is 2.44. The quantitative estimate of drug-likeness (QED) is 0.276. The molecular formula is C22H19ClF2N4O. The second-order valence-electron chi connectivity index (χ2n) is 6.38. The van der Waals surface area contributed by atoms with Gasteiger partial charge in [0.05, 0.1) is 0 Å². The Morgan fingerprint density at radius 2 is 1.37 bits per heavy atom. The van der Waals surface area contributed by atoms with Crippen LogP contribution in [0.4, 0.5) is 8.78 Å². The van der Waals surface area contributed by atoms with Crippen LogP contribution in [0.2, 0.25) is 5.02 Å². The Hall–Kier alpha value is -3.45. The summed E-state index contributed by atoms with van der Waals surface area (Å²) in [5, 5.41) is 4.45. The smallest absolute Gasteiger partial charge is 0.192 e. The molecule has 0 aliphatic rings. The fourth-order valence-electron chi connectivity index (χ4n) is 3.40. The van der Waals surface area contributed by atoms with E-state index < -0.39 is 17.0 Å². The van der Waals surface area contributed by atoms with Gasteiger partial charge in [-0.15, -0.1) is 0 Å². The van der Waals surface area contributed by atoms with E-state index in [1.165, 1.54) is 31.4 Å². The molecule has 0 heterocycles. The zero-order chi connectivity index (χ0) is 21.7. The minimum absolute atomic E-state index is 0.0383. The summed E-state index contributed by atoms with van der Waals surface area (Å²) in [4.78, 5) is 9.25. The predicted molar refractivity (Wildman–Crippen MR) is 114 cm³/mol. The van der Waals surface area contributed by atoms with Crippen LogP contribution in [-0.4, -0.2) is 18.9 Å². The summed E-state index contributed by atoms with van der Waals surface area (Å²) in [5.41, 5.74) is 11.7. The largest absolute Gasteiger partial charge is 0.398 e. The van der Waals surface area contributed by atoms with Crippen LogP contribution in [0.1, 0.15) is 16.7 Å². The van der Waals surface area contributed by atoms with Gasteiger partial charge in [-0.2, -0.15) is 4.99 Å². The number of rotatable bonds is 5. The fraction of sp³-hybridized carbons (Fsp3) is 0.0909. The second-order valence-corrected chi connectivity index (χ2v) is 6.78. The van der Waals surface area contributed by atoms with Gasteiger partial charge in [0.15, 0.2) is 11.8 Å². The Bertz CT molecular complexity index is 1030. The van der Waals surface area contributed by atoms with Crippen LogP contribution >= 0.6 is 11.6 Å². The number of nitrogens with zero attached hydrogens (tertiary/aromatic N) is 2. The minimum atomic E-state index is -1.33. The van der Waals surface area contributed by atoms with Crippen LogP contribution in [0.5, 0.6) is 0 Å². The van der Waals surface area contributed by atoms with Crippen LogP contribution in [0, 0.1) is 11.6 Å². The Balaban J connectivity index is 2.53. The van der Waals surface area contributed by atoms with E-state index >= 15 is 0 Å². The first kappa shape index (κ1) is 21.3. The van der Waals surface area contributed by atoms with Crippen LogP contribution in [0.25, 0.3) is 0 Å². The molecule has 0 atom stereocenters. The van der Waals surface area contributed by atoms with Gasteiger partial charge < -0.3 is 16.3 Å². The zero-order valence-corrected chi connectivity index (χ0v) is 16.8. The molecule has 0 aromatic heterocycles. The van der Waals surface area contributed by atoms with Crippen LogP contribution in [0.15, 0.2) is 82.9 Å². The number of aliphatic imine (C=N–C) groups is 1. The average Bonchev–Trinajstić information content (AvgIpc) is 2.72. The summed E-state index contributed by atoms with van der Waals surface area (Å²) >= 11 is 6.60. The molecule has 3 aromatic carbocycles. The lowest BCUT2D eigenvalue weighted by atomic mass is 9.68. The number of nitrogens with two attached hydrogens (primary N) is 2. The molecule has 4 N–H and O–H groups in total. The topological polar surface area (TPSA) is 86.0 Å². The molecule has 0 saturated carbocycles. The van der Waals surface area contributed by atoms with Gasteiger partial charge in [-0.1, -0.05) is 59.2 Å². The van der Waals surface area contributed by atoms with Crippen molar-refractivity contribution < 1.29 is 13.6 Å². The Morgan fingerprint density at radius 3 is 1.80 bits per heavy atom. The minimum Gasteiger partial charge on any atom is -0.398 e. The molecule has 5 nitrogen and oxygen atoms in total. The molecule has 0 aliphatic heterocycles. The van der Waals surface area contributed by atoms with Gasteiger partial charge in [0.2, 0.25) is 0 Å². The lowest BCUT2D eigenvalue weighted by Gasteiger charge is -2.35. The van der Waals surface area contributed by atoms with Crippen molar-refractivity contribution in [3.05, 3.63) is 106 Å². The van der Waals surface area contributed by atoms with Gasteiger partial charge in [0.25, 0.3) is 0 Å². The summed E-state index contributed by atoms with van der Waals surface area (Å²) in [6.07, 6.45) is 0. The summed E-state index contributed by atoms with van der Waals surface area (Å²) in [6, 6.07) is 18.4. The van der Waals surface area contributed by atoms with E-state index in [-0.39, 0.29) is 11.8 Å². The third kappa shape index (κ3) is 3.97. The van der Waals surface area contributed by atoms with Crippen molar-refractivity contribution in [2.45, 2.75) is 5.41 Å². The molecule has 0 fully saturated rings. The van der Waals surface area contributed by atoms with Gasteiger partial charge in [-0.25, -0.2) is 8.78 Å². The van der Waals surface area contributed by atoms with E-state index in [0.29, 0.717) is 21.7 Å². The van der Waals surface area contributed by atoms with E-state index in [9.17, 15) is 8.78 Å². The molecule has 30 heavy (non-hydrogen) atoms. The van der Waals surface area contributed by atoms with E-state index in [4.69, 9.17) is 27.9 Å². The number of hydrogen-bond donors (Lipinski definition) is 2. The SMILES string of the molecule is CO/N=C(/N=C(N)N)C(c1ccc(F)cc1)(c1ccc(F)cc1)c1ccccc1Cl. The molecule has 0 unspecified atom stereocenters. The standard InChI is InChI=1S/C22H19ClF2N4O/c1-30-29-20(28-21(26)27)22(14-6-10-16(24)11-7-14,15-8-12-17(25)13-9-15)18-4-2-3-5-19(18)23/h2-13H,1H3,(H4,26,27,28,29). The number of guanidine groups is 1. The van der Waals surface area contributed by atoms with Crippen molar-refractivity contribution >= 4 is 23.4 Å². The zero-order valence-electron chi connectivity index (χ0n) is 16.0. The molecule has 3 rings (SSSR count). The monoisotopic (exact) mass is 428 g/mol. The summed E-state index contributed by atoms with van der Waals surface area (Å²) < 4.78 is 27.5. The van der Waals surface area contributed by atoms with Gasteiger partial charge in [-0.05, 0) is 47.0 Å². The van der Waals surface area contributed by atoms with E-state index in [1.54, 1.807) is 48.5 Å². The number of oxime groups is 1. The van der Waals surface area contributed by atoms with Crippen LogP contribution in [0.3, 0.4) is 0 Å². The Morgan fingerprint density at radius 1 is 0.867 bits per heavy atom. The molecule has 8 heteroatoms. The third-order valence-corrected chi connectivity index (χ3v) is 4.91. The first-order chi connectivity index (χ1) is 14.4. The van der Waals surface area contributed by atoms with Crippen molar-refractivity contribution in [3.63, 3.8) is 0 Å². The number of benzene rings is 3. The van der Waals surface area contributed by atoms with Gasteiger partial charge in [0, 0.05) is 5.02 Å². The van der Waals surface area contributed by atoms with E-state index in [0.717, 1.165) is 0 Å². The Labute approximate surface area is 177 Å². The second kappa shape index (κ2) is 8.92. The Kier molecular flexibility index (Phi) is 6.32. The highest BCUT2D eigenvalue weighted by atomic mass is 35.5. The normalized spacial score (nSPS) is 11.8. The van der Waals surface area contributed by atoms with Crippen LogP contribution < -0.4 is 11.5 Å². The highest BCUT2D eigenvalue weighted by molar-refractivity contribution is 6.32. The molecule has 0 radical (unpaired) electrons. The maximum absolute atomic E-state index is 13.8. The lowest BCUT2D eigenvalue weighted by molar-refractivity contribution is 0.211. The van der Waals surface area contributed by atoms with Crippen LogP contribution in [-0.2, 0) is 10.3 Å². The maximum atomic E-state index is 13.8. The lowest BCUT2D eigenvalue weighted by Crippen LogP contribution is -2.40. The van der Waals surface area contributed by atoms with Crippen molar-refractivity contribution in [2.75, 3.05) is 7.11 Å². The van der Waals surface area contributed by atoms with Crippen molar-refractivity contribution in [3.8, 4) is 0 Å². The summed E-state index contributed by atoms with van der Waals surface area (Å²) in [6.45, 7) is 0. The molecule has 0 saturated heterocycles. The van der Waals surface area contributed by atoms with Gasteiger partial charge in [0.1, 0.15) is 24.2 Å². The first-order valence-electron chi connectivity index (χ1n) is 8.88. The summed E-state index contributed by atoms with van der Waals surface area (Å²) in [7, 11) is 1.34. The number of amidine groups is 1. The molecule has 0 spiro atoms. The number of hydrogen-bond acceptors (Lipinski definition) is 2. The molecule has 3 aromatic rings. The molecule has 154 valence electrons. The van der Waals surface area contributed by atoms with Gasteiger partial charge >= 0.3 is 0 Å².